The first-order chi connectivity index (χ1) is 19.2. The van der Waals surface area contributed by atoms with Crippen LogP contribution in [0.15, 0.2) is 88.9 Å². The summed E-state index contributed by atoms with van der Waals surface area (Å²) in [5, 5.41) is 2.74. The van der Waals surface area contributed by atoms with Gasteiger partial charge in [0.05, 0.1) is 28.7 Å². The van der Waals surface area contributed by atoms with Gasteiger partial charge in [-0.1, -0.05) is 57.9 Å². The molecule has 2 aliphatic rings. The third-order valence-electron chi connectivity index (χ3n) is 7.07. The fourth-order valence-corrected chi connectivity index (χ4v) is 5.26. The number of anilines is 2. The summed E-state index contributed by atoms with van der Waals surface area (Å²) in [6.07, 6.45) is 3.02. The molecule has 5 rings (SSSR count). The number of carbonyl (C=O) groups excluding carboxylic acids is 5. The molecule has 202 valence electrons. The van der Waals surface area contributed by atoms with Gasteiger partial charge >= 0.3 is 5.97 Å². The Morgan fingerprint density at radius 2 is 1.65 bits per heavy atom. The van der Waals surface area contributed by atoms with Gasteiger partial charge in [-0.3, -0.25) is 19.2 Å². The van der Waals surface area contributed by atoms with Gasteiger partial charge in [0, 0.05) is 15.7 Å². The molecule has 0 spiro atoms. The van der Waals surface area contributed by atoms with Crippen LogP contribution in [-0.4, -0.2) is 36.1 Å². The molecule has 0 bridgehead atoms. The van der Waals surface area contributed by atoms with E-state index in [1.807, 2.05) is 13.0 Å². The lowest BCUT2D eigenvalue weighted by atomic mass is 9.82. The summed E-state index contributed by atoms with van der Waals surface area (Å²) < 4.78 is 6.01. The highest BCUT2D eigenvalue weighted by molar-refractivity contribution is 9.10. The number of hydrogen-bond donors (Lipinski definition) is 1. The molecule has 0 radical (unpaired) electrons. The van der Waals surface area contributed by atoms with Crippen LogP contribution in [0.2, 0.25) is 0 Å². The van der Waals surface area contributed by atoms with E-state index in [0.717, 1.165) is 14.9 Å². The summed E-state index contributed by atoms with van der Waals surface area (Å²) in [6.45, 7) is 1.52. The molecule has 0 saturated carbocycles. The molecule has 1 N–H and O–H groups in total. The fraction of sp³-hybridized carbons (Fsp3) is 0.194. The summed E-state index contributed by atoms with van der Waals surface area (Å²) in [5.74, 6) is -3.07. The van der Waals surface area contributed by atoms with E-state index in [1.54, 1.807) is 60.7 Å². The average Bonchev–Trinajstić information content (AvgIpc) is 3.20. The van der Waals surface area contributed by atoms with Crippen molar-refractivity contribution in [3.63, 3.8) is 0 Å². The zero-order chi connectivity index (χ0) is 28.4. The molecule has 1 aliphatic carbocycles. The van der Waals surface area contributed by atoms with Crippen molar-refractivity contribution >= 4 is 56.8 Å². The van der Waals surface area contributed by atoms with E-state index in [1.165, 1.54) is 12.1 Å². The number of ketones is 1. The van der Waals surface area contributed by atoms with Crippen LogP contribution in [0, 0.1) is 11.8 Å². The first kappa shape index (κ1) is 27.2. The summed E-state index contributed by atoms with van der Waals surface area (Å²) in [6, 6.07) is 19.3. The van der Waals surface area contributed by atoms with Crippen LogP contribution >= 0.6 is 15.9 Å². The molecule has 2 atom stereocenters. The van der Waals surface area contributed by atoms with Crippen molar-refractivity contribution in [1.82, 2.24) is 0 Å². The molecule has 40 heavy (non-hydrogen) atoms. The van der Waals surface area contributed by atoms with Crippen molar-refractivity contribution < 1.29 is 28.7 Å². The third-order valence-corrected chi connectivity index (χ3v) is 7.60. The number of para-hydroxylation sites is 1. The Hall–Kier alpha value is -4.37. The highest BCUT2D eigenvalue weighted by atomic mass is 79.9. The largest absolute Gasteiger partial charge is 0.454 e. The Morgan fingerprint density at radius 1 is 0.925 bits per heavy atom. The first-order valence-electron chi connectivity index (χ1n) is 12.7. The second kappa shape index (κ2) is 11.4. The van der Waals surface area contributed by atoms with E-state index >= 15 is 0 Å². The molecule has 3 aromatic rings. The van der Waals surface area contributed by atoms with Gasteiger partial charge in [-0.2, -0.15) is 0 Å². The Balaban J connectivity index is 1.28. The fourth-order valence-electron chi connectivity index (χ4n) is 4.99. The molecule has 3 amide bonds. The maximum atomic E-state index is 13.3. The molecular weight excluding hydrogens is 576 g/mol. The summed E-state index contributed by atoms with van der Waals surface area (Å²) in [7, 11) is 0. The van der Waals surface area contributed by atoms with Crippen LogP contribution in [0.4, 0.5) is 11.4 Å². The van der Waals surface area contributed by atoms with E-state index in [4.69, 9.17) is 4.74 Å². The summed E-state index contributed by atoms with van der Waals surface area (Å²) >= 11 is 3.31. The van der Waals surface area contributed by atoms with Gasteiger partial charge in [0.25, 0.3) is 5.91 Å². The van der Waals surface area contributed by atoms with Gasteiger partial charge in [-0.15, -0.1) is 0 Å². The predicted octanol–water partition coefficient (Wildman–Crippen LogP) is 5.59. The lowest BCUT2D eigenvalue weighted by Gasteiger charge is -2.19. The lowest BCUT2D eigenvalue weighted by molar-refractivity contribution is -0.122. The number of halogens is 1. The SMILES string of the molecule is CC1=CC[C@@H]2C(=O)N(c3ccccc3C(=O)Nc3cccc(C(=O)OCC(=O)c4ccc(Br)cc4)c3)C(=O)[C@@H]2C1. The van der Waals surface area contributed by atoms with Gasteiger partial charge in [0.2, 0.25) is 11.8 Å². The van der Waals surface area contributed by atoms with Crippen LogP contribution < -0.4 is 10.2 Å². The Bertz CT molecular complexity index is 1560. The predicted molar refractivity (Wildman–Crippen MR) is 152 cm³/mol. The van der Waals surface area contributed by atoms with Gasteiger partial charge in [0.1, 0.15) is 0 Å². The molecular formula is C31H25BrN2O6. The Kier molecular flexibility index (Phi) is 7.75. The maximum Gasteiger partial charge on any atom is 0.338 e. The van der Waals surface area contributed by atoms with E-state index in [9.17, 15) is 24.0 Å². The number of allylic oxidation sites excluding steroid dienone is 2. The van der Waals surface area contributed by atoms with E-state index in [-0.39, 0.29) is 34.4 Å². The number of rotatable bonds is 7. The topological polar surface area (TPSA) is 110 Å². The minimum Gasteiger partial charge on any atom is -0.454 e. The van der Waals surface area contributed by atoms with Crippen molar-refractivity contribution in [3.8, 4) is 0 Å². The second-order valence-electron chi connectivity index (χ2n) is 9.77. The standard InChI is InChI=1S/C31H25BrN2O6/c1-18-9-14-23-25(15-18)30(38)34(29(23)37)26-8-3-2-7-24(26)28(36)33-22-6-4-5-20(16-22)31(39)40-17-27(35)19-10-12-21(32)13-11-19/h2-13,16,23,25H,14-15,17H2,1H3,(H,33,36)/t23-,25+/m0/s1. The molecule has 8 nitrogen and oxygen atoms in total. The van der Waals surface area contributed by atoms with Crippen LogP contribution in [-0.2, 0) is 14.3 Å². The second-order valence-corrected chi connectivity index (χ2v) is 10.7. The highest BCUT2D eigenvalue weighted by Gasteiger charge is 2.49. The van der Waals surface area contributed by atoms with Crippen molar-refractivity contribution in [1.29, 1.82) is 0 Å². The Morgan fingerprint density at radius 3 is 2.42 bits per heavy atom. The highest BCUT2D eigenvalue weighted by Crippen LogP contribution is 2.40. The number of ether oxygens (including phenoxy) is 1. The monoisotopic (exact) mass is 600 g/mol. The van der Waals surface area contributed by atoms with Gasteiger partial charge in [-0.05, 0) is 62.2 Å². The Labute approximate surface area is 239 Å². The van der Waals surface area contributed by atoms with E-state index < -0.39 is 30.3 Å². The zero-order valence-corrected chi connectivity index (χ0v) is 23.1. The van der Waals surface area contributed by atoms with Crippen molar-refractivity contribution in [2.45, 2.75) is 19.8 Å². The molecule has 0 aromatic heterocycles. The van der Waals surface area contributed by atoms with Crippen LogP contribution in [0.3, 0.4) is 0 Å². The third kappa shape index (κ3) is 5.51. The molecule has 1 saturated heterocycles. The number of imide groups is 1. The van der Waals surface area contributed by atoms with Crippen molar-refractivity contribution in [2.75, 3.05) is 16.8 Å². The summed E-state index contributed by atoms with van der Waals surface area (Å²) in [5.41, 5.74) is 2.32. The number of nitrogens with one attached hydrogen (secondary N) is 1. The number of fused-ring (bicyclic) bond motifs is 1. The quantitative estimate of drug-likeness (QED) is 0.164. The van der Waals surface area contributed by atoms with Crippen LogP contribution in [0.5, 0.6) is 0 Å². The minimum absolute atomic E-state index is 0.145. The molecule has 9 heteroatoms. The van der Waals surface area contributed by atoms with E-state index in [0.29, 0.717) is 24.1 Å². The van der Waals surface area contributed by atoms with Crippen molar-refractivity contribution in [3.05, 3.63) is 106 Å². The number of benzene rings is 3. The maximum absolute atomic E-state index is 13.3. The van der Waals surface area contributed by atoms with Gasteiger partial charge in [-0.25, -0.2) is 9.69 Å². The number of carbonyl (C=O) groups is 5. The number of Topliss-reactive ketones (excluding diaryl/α,β-unsaturated/α-hetero) is 1. The summed E-state index contributed by atoms with van der Waals surface area (Å²) in [4.78, 5) is 65.8. The van der Waals surface area contributed by atoms with Gasteiger partial charge in [0.15, 0.2) is 12.4 Å². The lowest BCUT2D eigenvalue weighted by Crippen LogP contribution is -2.33. The minimum atomic E-state index is -0.721. The number of amides is 3. The average molecular weight is 601 g/mol. The number of hydrogen-bond acceptors (Lipinski definition) is 6. The molecule has 1 heterocycles. The van der Waals surface area contributed by atoms with Gasteiger partial charge < -0.3 is 10.1 Å². The number of nitrogens with zero attached hydrogens (tertiary/aromatic N) is 1. The van der Waals surface area contributed by atoms with Crippen LogP contribution in [0.1, 0.15) is 50.8 Å². The molecule has 1 fully saturated rings. The van der Waals surface area contributed by atoms with Crippen LogP contribution in [0.25, 0.3) is 0 Å². The molecule has 0 unspecified atom stereocenters. The smallest absolute Gasteiger partial charge is 0.338 e. The molecule has 1 aliphatic heterocycles. The molecule has 3 aromatic carbocycles. The normalized spacial score (nSPS) is 18.1. The zero-order valence-electron chi connectivity index (χ0n) is 21.6. The first-order valence-corrected chi connectivity index (χ1v) is 13.5. The van der Waals surface area contributed by atoms with Crippen molar-refractivity contribution in [2.24, 2.45) is 11.8 Å². The number of esters is 1. The van der Waals surface area contributed by atoms with E-state index in [2.05, 4.69) is 21.2 Å².